The van der Waals surface area contributed by atoms with Crippen LogP contribution in [0.5, 0.6) is 5.75 Å². The molecule has 1 atom stereocenters. The van der Waals surface area contributed by atoms with E-state index in [1.165, 1.54) is 0 Å². The molecule has 1 heterocycles. The van der Waals surface area contributed by atoms with Gasteiger partial charge in [0.15, 0.2) is 0 Å². The largest absolute Gasteiger partial charge is 0.490 e. The second-order valence-electron chi connectivity index (χ2n) is 5.57. The van der Waals surface area contributed by atoms with Crippen LogP contribution in [-0.2, 0) is 9.59 Å². The number of ether oxygens (including phenoxy) is 1. The molecule has 1 amide bonds. The lowest BCUT2D eigenvalue weighted by Gasteiger charge is -2.33. The van der Waals surface area contributed by atoms with E-state index >= 15 is 0 Å². The average molecular weight is 342 g/mol. The lowest BCUT2D eigenvalue weighted by Crippen LogP contribution is -2.45. The molecule has 0 radical (unpaired) electrons. The van der Waals surface area contributed by atoms with E-state index < -0.39 is 18.5 Å². The second kappa shape index (κ2) is 8.17. The van der Waals surface area contributed by atoms with Crippen LogP contribution in [0.2, 0.25) is 5.02 Å². The molecule has 23 heavy (non-hydrogen) atoms. The molecule has 0 bridgehead atoms. The molecule has 2 N–H and O–H groups in total. The molecule has 0 aliphatic carbocycles. The molecule has 126 valence electrons. The van der Waals surface area contributed by atoms with E-state index in [-0.39, 0.29) is 18.4 Å². The zero-order valence-corrected chi connectivity index (χ0v) is 13.4. The van der Waals surface area contributed by atoms with Gasteiger partial charge in [-0.15, -0.1) is 0 Å². The highest BCUT2D eigenvalue weighted by Gasteiger charge is 2.29. The van der Waals surface area contributed by atoms with Gasteiger partial charge in [0, 0.05) is 31.0 Å². The Hall–Kier alpha value is -1.79. The Morgan fingerprint density at radius 2 is 1.87 bits per heavy atom. The van der Waals surface area contributed by atoms with Gasteiger partial charge in [-0.1, -0.05) is 11.6 Å². The number of hydrogen-bond donors (Lipinski definition) is 2. The van der Waals surface area contributed by atoms with E-state index in [2.05, 4.69) is 0 Å². The first-order chi connectivity index (χ1) is 11.0. The quantitative estimate of drug-likeness (QED) is 0.823. The third-order valence-corrected chi connectivity index (χ3v) is 4.11. The van der Waals surface area contributed by atoms with E-state index in [0.717, 1.165) is 5.75 Å². The number of carboxylic acids is 1. The van der Waals surface area contributed by atoms with Gasteiger partial charge < -0.3 is 19.8 Å². The number of hydrogen-bond acceptors (Lipinski definition) is 4. The van der Waals surface area contributed by atoms with Crippen molar-refractivity contribution in [2.75, 3.05) is 19.7 Å². The molecular formula is C16H20ClNO5. The van der Waals surface area contributed by atoms with Crippen molar-refractivity contribution in [2.45, 2.75) is 25.4 Å². The van der Waals surface area contributed by atoms with E-state index in [1.807, 2.05) is 0 Å². The molecule has 7 heteroatoms. The van der Waals surface area contributed by atoms with Gasteiger partial charge in [0.25, 0.3) is 0 Å². The fourth-order valence-corrected chi connectivity index (χ4v) is 2.72. The fourth-order valence-electron chi connectivity index (χ4n) is 2.60. The molecule has 2 rings (SSSR count). The van der Waals surface area contributed by atoms with Gasteiger partial charge in [0.2, 0.25) is 5.91 Å². The molecule has 1 saturated heterocycles. The number of nitrogens with zero attached hydrogens (tertiary/aromatic N) is 1. The maximum Gasteiger partial charge on any atom is 0.304 e. The Balaban J connectivity index is 1.84. The van der Waals surface area contributed by atoms with E-state index in [4.69, 9.17) is 21.4 Å². The molecule has 1 aliphatic heterocycles. The number of carboxylic acid groups (broad SMARTS) is 1. The maximum absolute atomic E-state index is 12.2. The molecule has 0 saturated carbocycles. The molecule has 1 aliphatic rings. The lowest BCUT2D eigenvalue weighted by molar-refractivity contribution is -0.146. The van der Waals surface area contributed by atoms with Crippen molar-refractivity contribution in [3.05, 3.63) is 29.3 Å². The molecule has 1 fully saturated rings. The number of aliphatic carboxylic acids is 1. The maximum atomic E-state index is 12.2. The minimum Gasteiger partial charge on any atom is -0.490 e. The van der Waals surface area contributed by atoms with Crippen LogP contribution in [0, 0.1) is 5.92 Å². The number of carbonyl (C=O) groups excluding carboxylic acids is 1. The summed E-state index contributed by atoms with van der Waals surface area (Å²) < 4.78 is 5.85. The summed E-state index contributed by atoms with van der Waals surface area (Å²) in [7, 11) is 0. The number of rotatable bonds is 6. The first-order valence-corrected chi connectivity index (χ1v) is 7.91. The summed E-state index contributed by atoms with van der Waals surface area (Å²) in [6.45, 7) is 0.534. The second-order valence-corrected chi connectivity index (χ2v) is 6.01. The third kappa shape index (κ3) is 5.11. The minimum atomic E-state index is -1.08. The monoisotopic (exact) mass is 341 g/mol. The first kappa shape index (κ1) is 17.6. The summed E-state index contributed by atoms with van der Waals surface area (Å²) in [5.41, 5.74) is 0. The SMILES string of the molecule is O=C(O)CC(CO)C(=O)N1CCC(Oc2ccc(Cl)cc2)CC1. The van der Waals surface area contributed by atoms with Crippen LogP contribution in [0.15, 0.2) is 24.3 Å². The van der Waals surface area contributed by atoms with Crippen molar-refractivity contribution in [1.82, 2.24) is 4.90 Å². The van der Waals surface area contributed by atoms with Gasteiger partial charge in [0.1, 0.15) is 11.9 Å². The topological polar surface area (TPSA) is 87.1 Å². The Kier molecular flexibility index (Phi) is 6.24. The predicted molar refractivity (Wildman–Crippen MR) is 84.5 cm³/mol. The van der Waals surface area contributed by atoms with Crippen LogP contribution in [0.4, 0.5) is 0 Å². The van der Waals surface area contributed by atoms with Crippen LogP contribution in [0.3, 0.4) is 0 Å². The number of halogens is 1. The average Bonchev–Trinajstić information content (AvgIpc) is 2.54. The van der Waals surface area contributed by atoms with Crippen molar-refractivity contribution in [2.24, 2.45) is 5.92 Å². The number of amides is 1. The highest BCUT2D eigenvalue weighted by molar-refractivity contribution is 6.30. The van der Waals surface area contributed by atoms with Crippen LogP contribution in [-0.4, -0.2) is 52.8 Å². The molecule has 0 aromatic heterocycles. The van der Waals surface area contributed by atoms with E-state index in [9.17, 15) is 14.7 Å². The predicted octanol–water partition coefficient (Wildman–Crippen LogP) is 1.79. The molecule has 1 unspecified atom stereocenters. The Morgan fingerprint density at radius 1 is 1.26 bits per heavy atom. The summed E-state index contributed by atoms with van der Waals surface area (Å²) in [6, 6.07) is 7.11. The van der Waals surface area contributed by atoms with Crippen LogP contribution in [0.25, 0.3) is 0 Å². The van der Waals surface area contributed by atoms with Crippen molar-refractivity contribution >= 4 is 23.5 Å². The molecule has 1 aromatic carbocycles. The lowest BCUT2D eigenvalue weighted by atomic mass is 10.0. The van der Waals surface area contributed by atoms with Gasteiger partial charge in [-0.25, -0.2) is 0 Å². The highest BCUT2D eigenvalue weighted by atomic mass is 35.5. The Morgan fingerprint density at radius 3 is 2.39 bits per heavy atom. The van der Waals surface area contributed by atoms with Crippen LogP contribution < -0.4 is 4.74 Å². The summed E-state index contributed by atoms with van der Waals surface area (Å²) in [5, 5.41) is 18.6. The number of carbonyl (C=O) groups is 2. The number of aliphatic hydroxyl groups excluding tert-OH is 1. The zero-order valence-electron chi connectivity index (χ0n) is 12.7. The summed E-state index contributed by atoms with van der Waals surface area (Å²) >= 11 is 5.83. The number of benzene rings is 1. The normalized spacial score (nSPS) is 16.9. The van der Waals surface area contributed by atoms with Crippen LogP contribution >= 0.6 is 11.6 Å². The third-order valence-electron chi connectivity index (χ3n) is 3.86. The van der Waals surface area contributed by atoms with Crippen molar-refractivity contribution in [1.29, 1.82) is 0 Å². The van der Waals surface area contributed by atoms with Gasteiger partial charge in [-0.3, -0.25) is 9.59 Å². The highest BCUT2D eigenvalue weighted by Crippen LogP contribution is 2.22. The summed E-state index contributed by atoms with van der Waals surface area (Å²) in [6.07, 6.45) is 0.989. The van der Waals surface area contributed by atoms with Gasteiger partial charge in [0.05, 0.1) is 18.9 Å². The summed E-state index contributed by atoms with van der Waals surface area (Å²) in [5.74, 6) is -1.53. The zero-order chi connectivity index (χ0) is 16.8. The van der Waals surface area contributed by atoms with Crippen molar-refractivity contribution < 1.29 is 24.5 Å². The number of likely N-dealkylation sites (tertiary alicyclic amines) is 1. The van der Waals surface area contributed by atoms with E-state index in [0.29, 0.717) is 31.0 Å². The van der Waals surface area contributed by atoms with Crippen molar-refractivity contribution in [3.63, 3.8) is 0 Å². The Labute approximate surface area is 139 Å². The number of aliphatic hydroxyl groups is 1. The van der Waals surface area contributed by atoms with Gasteiger partial charge in [-0.2, -0.15) is 0 Å². The first-order valence-electron chi connectivity index (χ1n) is 7.53. The van der Waals surface area contributed by atoms with Crippen LogP contribution in [0.1, 0.15) is 19.3 Å². The minimum absolute atomic E-state index is 0.00674. The Bertz CT molecular complexity index is 540. The smallest absolute Gasteiger partial charge is 0.304 e. The molecule has 6 nitrogen and oxygen atoms in total. The van der Waals surface area contributed by atoms with Gasteiger partial charge >= 0.3 is 5.97 Å². The molecular weight excluding hydrogens is 322 g/mol. The molecule has 0 spiro atoms. The van der Waals surface area contributed by atoms with E-state index in [1.54, 1.807) is 29.2 Å². The standard InChI is InChI=1S/C16H20ClNO5/c17-12-1-3-13(4-2-12)23-14-5-7-18(8-6-14)16(22)11(10-19)9-15(20)21/h1-4,11,14,19H,5-10H2,(H,20,21). The van der Waals surface area contributed by atoms with Crippen molar-refractivity contribution in [3.8, 4) is 5.75 Å². The fraction of sp³-hybridized carbons (Fsp3) is 0.500. The number of piperidine rings is 1. The van der Waals surface area contributed by atoms with Gasteiger partial charge in [-0.05, 0) is 24.3 Å². The summed E-state index contributed by atoms with van der Waals surface area (Å²) in [4.78, 5) is 24.5. The molecule has 1 aromatic rings.